The quantitative estimate of drug-likeness (QED) is 0.608. The summed E-state index contributed by atoms with van der Waals surface area (Å²) >= 11 is 3.22. The van der Waals surface area contributed by atoms with Crippen LogP contribution in [0.5, 0.6) is 0 Å². The molecule has 4 rings (SSSR count). The number of piperidine rings is 1. The van der Waals surface area contributed by atoms with Crippen molar-refractivity contribution in [3.8, 4) is 11.3 Å². The Labute approximate surface area is 177 Å². The van der Waals surface area contributed by atoms with Crippen LogP contribution in [0.1, 0.15) is 12.8 Å². The third-order valence-electron chi connectivity index (χ3n) is 5.10. The van der Waals surface area contributed by atoms with E-state index in [2.05, 4.69) is 36.1 Å². The van der Waals surface area contributed by atoms with Crippen LogP contribution in [0.25, 0.3) is 11.3 Å². The number of hydrogen-bond donors (Lipinski definition) is 1. The number of amides is 1. The Morgan fingerprint density at radius 1 is 1.07 bits per heavy atom. The average molecular weight is 455 g/mol. The Balaban J connectivity index is 1.39. The van der Waals surface area contributed by atoms with Gasteiger partial charge in [0.15, 0.2) is 0 Å². The Kier molecular flexibility index (Phi) is 5.85. The Bertz CT molecular complexity index is 1010. The second kappa shape index (κ2) is 8.69. The van der Waals surface area contributed by atoms with Crippen LogP contribution in [0.4, 0.5) is 15.9 Å². The van der Waals surface area contributed by atoms with Crippen LogP contribution in [0.2, 0.25) is 0 Å². The number of hydrogen-bond acceptors (Lipinski definition) is 4. The van der Waals surface area contributed by atoms with Crippen molar-refractivity contribution < 1.29 is 9.18 Å². The summed E-state index contributed by atoms with van der Waals surface area (Å²) in [6, 6.07) is 16.6. The largest absolute Gasteiger partial charge is 0.356 e. The van der Waals surface area contributed by atoms with E-state index in [0.29, 0.717) is 30.4 Å². The number of halogens is 2. The van der Waals surface area contributed by atoms with Crippen molar-refractivity contribution in [1.82, 2.24) is 9.97 Å². The van der Waals surface area contributed by atoms with Crippen LogP contribution in [0.15, 0.2) is 65.4 Å². The van der Waals surface area contributed by atoms with Crippen LogP contribution in [0, 0.1) is 11.7 Å². The molecule has 3 aromatic rings. The van der Waals surface area contributed by atoms with E-state index in [0.717, 1.165) is 17.1 Å². The standard InChI is InChI=1S/C22H20BrFN4O/c23-17-6-7-19(18(24)12-17)27-22(29)16-8-10-28(11-9-16)21-13-20(25-14-26-21)15-4-2-1-3-5-15/h1-7,12-14,16H,8-11H2,(H,27,29). The maximum atomic E-state index is 14.0. The van der Waals surface area contributed by atoms with E-state index in [1.54, 1.807) is 18.5 Å². The zero-order valence-corrected chi connectivity index (χ0v) is 17.3. The lowest BCUT2D eigenvalue weighted by molar-refractivity contribution is -0.120. The maximum Gasteiger partial charge on any atom is 0.227 e. The van der Waals surface area contributed by atoms with Gasteiger partial charge in [-0.1, -0.05) is 46.3 Å². The second-order valence-electron chi connectivity index (χ2n) is 7.00. The van der Waals surface area contributed by atoms with Crippen molar-refractivity contribution in [2.45, 2.75) is 12.8 Å². The Hall–Kier alpha value is -2.80. The number of carbonyl (C=O) groups is 1. The van der Waals surface area contributed by atoms with Crippen LogP contribution in [0.3, 0.4) is 0 Å². The van der Waals surface area contributed by atoms with Gasteiger partial charge in [-0.05, 0) is 31.0 Å². The smallest absolute Gasteiger partial charge is 0.227 e. The highest BCUT2D eigenvalue weighted by Gasteiger charge is 2.26. The summed E-state index contributed by atoms with van der Waals surface area (Å²) in [5, 5.41) is 2.71. The highest BCUT2D eigenvalue weighted by molar-refractivity contribution is 9.10. The van der Waals surface area contributed by atoms with Gasteiger partial charge >= 0.3 is 0 Å². The van der Waals surface area contributed by atoms with Gasteiger partial charge in [0.05, 0.1) is 11.4 Å². The first-order chi connectivity index (χ1) is 14.1. The van der Waals surface area contributed by atoms with E-state index in [1.165, 1.54) is 6.07 Å². The third-order valence-corrected chi connectivity index (χ3v) is 5.59. The van der Waals surface area contributed by atoms with E-state index >= 15 is 0 Å². The van der Waals surface area contributed by atoms with Crippen molar-refractivity contribution in [3.63, 3.8) is 0 Å². The molecule has 2 heterocycles. The Morgan fingerprint density at radius 3 is 2.55 bits per heavy atom. The molecule has 7 heteroatoms. The van der Waals surface area contributed by atoms with Gasteiger partial charge in [0.1, 0.15) is 18.0 Å². The minimum atomic E-state index is -0.445. The molecule has 0 bridgehead atoms. The number of rotatable bonds is 4. The molecule has 0 unspecified atom stereocenters. The van der Waals surface area contributed by atoms with Gasteiger partial charge in [-0.15, -0.1) is 0 Å². The molecule has 1 aliphatic rings. The summed E-state index contributed by atoms with van der Waals surface area (Å²) in [7, 11) is 0. The highest BCUT2D eigenvalue weighted by Crippen LogP contribution is 2.26. The molecular weight excluding hydrogens is 435 g/mol. The van der Waals surface area contributed by atoms with Crippen LogP contribution < -0.4 is 10.2 Å². The number of nitrogens with zero attached hydrogens (tertiary/aromatic N) is 3. The Morgan fingerprint density at radius 2 is 1.83 bits per heavy atom. The molecule has 1 amide bonds. The van der Waals surface area contributed by atoms with E-state index in [9.17, 15) is 9.18 Å². The van der Waals surface area contributed by atoms with E-state index in [-0.39, 0.29) is 17.5 Å². The average Bonchev–Trinajstić information content (AvgIpc) is 2.76. The summed E-state index contributed by atoms with van der Waals surface area (Å²) in [6.45, 7) is 1.43. The molecule has 0 spiro atoms. The minimum Gasteiger partial charge on any atom is -0.356 e. The van der Waals surface area contributed by atoms with Gasteiger partial charge in [0.25, 0.3) is 0 Å². The fourth-order valence-corrected chi connectivity index (χ4v) is 3.82. The number of aromatic nitrogens is 2. The molecule has 0 atom stereocenters. The van der Waals surface area contributed by atoms with Gasteiger partial charge < -0.3 is 10.2 Å². The zero-order chi connectivity index (χ0) is 20.2. The van der Waals surface area contributed by atoms with E-state index in [4.69, 9.17) is 0 Å². The monoisotopic (exact) mass is 454 g/mol. The SMILES string of the molecule is O=C(Nc1ccc(Br)cc1F)C1CCN(c2cc(-c3ccccc3)ncn2)CC1. The van der Waals surface area contributed by atoms with Gasteiger partial charge in [0.2, 0.25) is 5.91 Å². The highest BCUT2D eigenvalue weighted by atomic mass is 79.9. The number of anilines is 2. The van der Waals surface area contributed by atoms with Gasteiger partial charge in [-0.3, -0.25) is 4.79 Å². The zero-order valence-electron chi connectivity index (χ0n) is 15.7. The van der Waals surface area contributed by atoms with Crippen LogP contribution >= 0.6 is 15.9 Å². The fourth-order valence-electron chi connectivity index (χ4n) is 3.48. The molecule has 1 N–H and O–H groups in total. The van der Waals surface area contributed by atoms with Crippen molar-refractivity contribution in [3.05, 3.63) is 71.2 Å². The molecule has 29 heavy (non-hydrogen) atoms. The first kappa shape index (κ1) is 19.5. The van der Waals surface area contributed by atoms with Crippen LogP contribution in [-0.2, 0) is 4.79 Å². The molecule has 148 valence electrons. The maximum absolute atomic E-state index is 14.0. The summed E-state index contributed by atoms with van der Waals surface area (Å²) in [5.74, 6) is 0.125. The summed E-state index contributed by atoms with van der Waals surface area (Å²) in [5.41, 5.74) is 2.13. The normalized spacial score (nSPS) is 14.6. The number of nitrogens with one attached hydrogen (secondary N) is 1. The minimum absolute atomic E-state index is 0.140. The van der Waals surface area contributed by atoms with Gasteiger partial charge in [-0.25, -0.2) is 14.4 Å². The van der Waals surface area contributed by atoms with Crippen molar-refractivity contribution in [2.24, 2.45) is 5.92 Å². The molecule has 1 fully saturated rings. The summed E-state index contributed by atoms with van der Waals surface area (Å²) < 4.78 is 14.6. The molecular formula is C22H20BrFN4O. The predicted molar refractivity (Wildman–Crippen MR) is 115 cm³/mol. The molecule has 0 saturated carbocycles. The molecule has 5 nitrogen and oxygen atoms in total. The molecule has 1 aromatic heterocycles. The van der Waals surface area contributed by atoms with Crippen molar-refractivity contribution in [2.75, 3.05) is 23.3 Å². The lowest BCUT2D eigenvalue weighted by Gasteiger charge is -2.32. The number of carbonyl (C=O) groups excluding carboxylic acids is 1. The van der Waals surface area contributed by atoms with E-state index in [1.807, 2.05) is 36.4 Å². The lowest BCUT2D eigenvalue weighted by Crippen LogP contribution is -2.38. The third kappa shape index (κ3) is 4.62. The molecule has 0 aliphatic carbocycles. The fraction of sp³-hybridized carbons (Fsp3) is 0.227. The summed E-state index contributed by atoms with van der Waals surface area (Å²) in [6.07, 6.45) is 2.95. The lowest BCUT2D eigenvalue weighted by atomic mass is 9.95. The molecule has 2 aromatic carbocycles. The first-order valence-corrected chi connectivity index (χ1v) is 10.3. The van der Waals surface area contributed by atoms with Gasteiger partial charge in [0, 0.05) is 35.1 Å². The number of benzene rings is 2. The molecule has 1 saturated heterocycles. The topological polar surface area (TPSA) is 58.1 Å². The second-order valence-corrected chi connectivity index (χ2v) is 7.92. The summed E-state index contributed by atoms with van der Waals surface area (Å²) in [4.78, 5) is 23.5. The van der Waals surface area contributed by atoms with Crippen molar-refractivity contribution in [1.29, 1.82) is 0 Å². The molecule has 1 aliphatic heterocycles. The van der Waals surface area contributed by atoms with Crippen LogP contribution in [-0.4, -0.2) is 29.0 Å². The molecule has 0 radical (unpaired) electrons. The van der Waals surface area contributed by atoms with Crippen molar-refractivity contribution >= 4 is 33.3 Å². The first-order valence-electron chi connectivity index (χ1n) is 9.48. The van der Waals surface area contributed by atoms with Gasteiger partial charge in [-0.2, -0.15) is 0 Å². The predicted octanol–water partition coefficient (Wildman–Crippen LogP) is 4.90. The van der Waals surface area contributed by atoms with E-state index < -0.39 is 5.82 Å².